The van der Waals surface area contributed by atoms with Gasteiger partial charge in [-0.25, -0.2) is 0 Å². The van der Waals surface area contributed by atoms with E-state index in [2.05, 4.69) is 146 Å². The third-order valence-electron chi connectivity index (χ3n) is 11.1. The lowest BCUT2D eigenvalue weighted by Crippen LogP contribution is -2.10. The van der Waals surface area contributed by atoms with Crippen LogP contribution < -0.4 is 4.90 Å². The van der Waals surface area contributed by atoms with Crippen molar-refractivity contribution in [1.82, 2.24) is 0 Å². The Bertz CT molecular complexity index is 3270. The maximum absolute atomic E-state index is 9.15. The van der Waals surface area contributed by atoms with E-state index in [0.29, 0.717) is 11.4 Å². The van der Waals surface area contributed by atoms with Gasteiger partial charge in [-0.15, -0.1) is 0 Å². The van der Waals surface area contributed by atoms with Crippen LogP contribution in [0.1, 0.15) is 6.85 Å². The Labute approximate surface area is 327 Å². The largest absolute Gasteiger partial charge is 0.310 e. The molecule has 11 aromatic rings. The van der Waals surface area contributed by atoms with E-state index in [4.69, 9.17) is 6.85 Å². The van der Waals surface area contributed by atoms with Gasteiger partial charge in [0.1, 0.15) is 0 Å². The van der Waals surface area contributed by atoms with Crippen LogP contribution in [0, 0.1) is 0 Å². The lowest BCUT2D eigenvalue weighted by atomic mass is 9.92. The van der Waals surface area contributed by atoms with Crippen molar-refractivity contribution < 1.29 is 6.85 Å². The van der Waals surface area contributed by atoms with Gasteiger partial charge in [-0.3, -0.25) is 0 Å². The van der Waals surface area contributed by atoms with Gasteiger partial charge in [-0.2, -0.15) is 0 Å². The minimum atomic E-state index is -0.428. The molecule has 256 valence electrons. The van der Waals surface area contributed by atoms with Crippen LogP contribution in [-0.4, -0.2) is 0 Å². The quantitative estimate of drug-likeness (QED) is 0.161. The molecular formula is C54H35N. The molecule has 1 nitrogen and oxygen atoms in total. The molecule has 0 aliphatic heterocycles. The molecule has 1 heteroatoms. The minimum absolute atomic E-state index is 0.0854. The van der Waals surface area contributed by atoms with Gasteiger partial charge in [0.05, 0.1) is 6.85 Å². The first-order valence-electron chi connectivity index (χ1n) is 21.1. The molecule has 11 aromatic carbocycles. The van der Waals surface area contributed by atoms with Crippen LogP contribution in [0.3, 0.4) is 0 Å². The molecule has 11 rings (SSSR count). The van der Waals surface area contributed by atoms with Crippen LogP contribution in [0.15, 0.2) is 212 Å². The summed E-state index contributed by atoms with van der Waals surface area (Å²) in [7, 11) is 0. The zero-order valence-electron chi connectivity index (χ0n) is 34.8. The van der Waals surface area contributed by atoms with E-state index in [1.807, 2.05) is 36.4 Å². The number of fused-ring (bicyclic) bond motifs is 12. The second-order valence-electron chi connectivity index (χ2n) is 14.1. The molecule has 0 aliphatic rings. The molecule has 0 aromatic heterocycles. The van der Waals surface area contributed by atoms with Gasteiger partial charge in [0.25, 0.3) is 0 Å². The highest BCUT2D eigenvalue weighted by atomic mass is 15.1. The summed E-state index contributed by atoms with van der Waals surface area (Å²) in [6.45, 7) is 0. The Morgan fingerprint density at radius 3 is 0.964 bits per heavy atom. The average molecular weight is 703 g/mol. The van der Waals surface area contributed by atoms with E-state index in [1.165, 1.54) is 53.9 Å². The highest BCUT2D eigenvalue weighted by Gasteiger charge is 2.16. The molecule has 0 spiro atoms. The second kappa shape index (κ2) is 12.7. The molecule has 0 heterocycles. The lowest BCUT2D eigenvalue weighted by Gasteiger charge is -2.26. The fraction of sp³-hybridized carbons (Fsp3) is 0. The summed E-state index contributed by atoms with van der Waals surface area (Å²) >= 11 is 0. The Kier molecular flexibility index (Phi) is 6.14. The Hall–Kier alpha value is -7.22. The van der Waals surface area contributed by atoms with Crippen LogP contribution in [0.5, 0.6) is 0 Å². The SMILES string of the molecule is [2H]c1c([2H])c([2H])c(N(c2cccc(-c3ccc4c5ccccc5c5ccccc5c4c3)c2)c2cccc(-c3ccc4c5ccccc5c5ccccc5c4c3)c2)c([2H])c1[2H]. The summed E-state index contributed by atoms with van der Waals surface area (Å²) in [6, 6.07) is 61.6. The number of rotatable bonds is 5. The van der Waals surface area contributed by atoms with E-state index < -0.39 is 6.04 Å². The third-order valence-corrected chi connectivity index (χ3v) is 11.1. The minimum Gasteiger partial charge on any atom is -0.310 e. The smallest absolute Gasteiger partial charge is 0.0645 e. The molecular weight excluding hydrogens is 663 g/mol. The molecule has 0 aliphatic carbocycles. The Morgan fingerprint density at radius 2 is 0.582 bits per heavy atom. The summed E-state index contributed by atoms with van der Waals surface area (Å²) in [5.74, 6) is 0. The number of benzene rings is 11. The van der Waals surface area contributed by atoms with Crippen LogP contribution in [0.2, 0.25) is 0 Å². The fourth-order valence-corrected chi connectivity index (χ4v) is 8.59. The normalized spacial score (nSPS) is 12.9. The van der Waals surface area contributed by atoms with Crippen LogP contribution in [-0.2, 0) is 0 Å². The van der Waals surface area contributed by atoms with Crippen molar-refractivity contribution in [3.05, 3.63) is 212 Å². The molecule has 0 atom stereocenters. The van der Waals surface area contributed by atoms with Crippen molar-refractivity contribution in [3.8, 4) is 22.3 Å². The molecule has 0 radical (unpaired) electrons. The van der Waals surface area contributed by atoms with Crippen molar-refractivity contribution >= 4 is 81.7 Å². The van der Waals surface area contributed by atoms with E-state index in [0.717, 1.165) is 33.0 Å². The third kappa shape index (κ3) is 5.16. The van der Waals surface area contributed by atoms with Crippen molar-refractivity contribution in [3.63, 3.8) is 0 Å². The van der Waals surface area contributed by atoms with Crippen LogP contribution >= 0.6 is 0 Å². The van der Waals surface area contributed by atoms with Crippen molar-refractivity contribution in [2.45, 2.75) is 0 Å². The predicted molar refractivity (Wildman–Crippen MR) is 237 cm³/mol. The topological polar surface area (TPSA) is 3.24 Å². The molecule has 0 saturated heterocycles. The maximum Gasteiger partial charge on any atom is 0.0645 e. The van der Waals surface area contributed by atoms with Gasteiger partial charge in [-0.05, 0) is 135 Å². The molecule has 0 saturated carbocycles. The molecule has 0 fully saturated rings. The highest BCUT2D eigenvalue weighted by molar-refractivity contribution is 6.27. The predicted octanol–water partition coefficient (Wildman–Crippen LogP) is 15.4. The Balaban J connectivity index is 1.10. The first-order valence-corrected chi connectivity index (χ1v) is 18.6. The van der Waals surface area contributed by atoms with E-state index in [-0.39, 0.29) is 29.9 Å². The van der Waals surface area contributed by atoms with E-state index >= 15 is 0 Å². The Morgan fingerprint density at radius 1 is 0.255 bits per heavy atom. The molecule has 0 bridgehead atoms. The van der Waals surface area contributed by atoms with E-state index in [1.54, 1.807) is 4.90 Å². The summed E-state index contributed by atoms with van der Waals surface area (Å²) in [4.78, 5) is 1.81. The van der Waals surface area contributed by atoms with Gasteiger partial charge in [0.2, 0.25) is 0 Å². The zero-order valence-corrected chi connectivity index (χ0v) is 29.8. The van der Waals surface area contributed by atoms with Gasteiger partial charge >= 0.3 is 0 Å². The van der Waals surface area contributed by atoms with Gasteiger partial charge in [0, 0.05) is 17.1 Å². The second-order valence-corrected chi connectivity index (χ2v) is 14.1. The van der Waals surface area contributed by atoms with Crippen molar-refractivity contribution in [1.29, 1.82) is 0 Å². The highest BCUT2D eigenvalue weighted by Crippen LogP contribution is 2.42. The maximum atomic E-state index is 9.15. The summed E-state index contributed by atoms with van der Waals surface area (Å²) in [6.07, 6.45) is 0. The number of nitrogens with zero attached hydrogens (tertiary/aromatic N) is 1. The zero-order chi connectivity index (χ0) is 40.6. The van der Waals surface area contributed by atoms with Crippen LogP contribution in [0.25, 0.3) is 86.9 Å². The molecule has 55 heavy (non-hydrogen) atoms. The monoisotopic (exact) mass is 702 g/mol. The van der Waals surface area contributed by atoms with Gasteiger partial charge in [0.15, 0.2) is 0 Å². The number of para-hydroxylation sites is 1. The first-order chi connectivity index (χ1) is 29.4. The standard InChI is InChI=1S/C54H35N/c1-2-16-40(17-3-1)55(41-18-12-14-36(32-41)38-28-30-51-47-24-6-4-20-43(47)45-22-8-10-26-49(45)53(51)34-38)42-19-13-15-37(33-42)39-29-31-52-48-25-7-5-21-44(48)46-23-9-11-27-50(46)54(52)35-39/h1-35H/i1D,2D,3D,16D,17D. The summed E-state index contributed by atoms with van der Waals surface area (Å²) < 4.78 is 44.1. The summed E-state index contributed by atoms with van der Waals surface area (Å²) in [5, 5.41) is 14.3. The average Bonchev–Trinajstić information content (AvgIpc) is 3.31. The molecule has 0 unspecified atom stereocenters. The lowest BCUT2D eigenvalue weighted by molar-refractivity contribution is 1.28. The fourth-order valence-electron chi connectivity index (χ4n) is 8.59. The van der Waals surface area contributed by atoms with Crippen LogP contribution in [0.4, 0.5) is 17.1 Å². The number of anilines is 3. The van der Waals surface area contributed by atoms with Gasteiger partial charge < -0.3 is 4.90 Å². The van der Waals surface area contributed by atoms with Crippen molar-refractivity contribution in [2.75, 3.05) is 4.90 Å². The first kappa shape index (κ1) is 26.5. The molecule has 0 N–H and O–H groups in total. The van der Waals surface area contributed by atoms with E-state index in [9.17, 15) is 0 Å². The molecule has 0 amide bonds. The van der Waals surface area contributed by atoms with Crippen molar-refractivity contribution in [2.24, 2.45) is 0 Å². The summed E-state index contributed by atoms with van der Waals surface area (Å²) in [5.41, 5.74) is 5.32. The van der Waals surface area contributed by atoms with Gasteiger partial charge in [-0.1, -0.05) is 164 Å². The number of hydrogen-bond acceptors (Lipinski definition) is 1. The number of hydrogen-bond donors (Lipinski definition) is 0.